The molecule has 1 aliphatic rings. The van der Waals surface area contributed by atoms with Crippen LogP contribution in [0.3, 0.4) is 0 Å². The Kier molecular flexibility index (Phi) is 5.31. The highest BCUT2D eigenvalue weighted by Gasteiger charge is 2.28. The Morgan fingerprint density at radius 1 is 1.42 bits per heavy atom. The van der Waals surface area contributed by atoms with Crippen molar-refractivity contribution in [3.05, 3.63) is 30.1 Å². The zero-order valence-electron chi connectivity index (χ0n) is 11.2. The standard InChI is InChI=1S/C15H21N3O/c16-8-4-10-18(12-13-5-3-9-17-11-13)14-6-1-2-7-15(14)19/h3,5,9,11,14-15,19H,1-2,4,6-7,10,12H2. The van der Waals surface area contributed by atoms with Crippen molar-refractivity contribution in [2.75, 3.05) is 6.54 Å². The predicted octanol–water partition coefficient (Wildman–Crippen LogP) is 2.10. The smallest absolute Gasteiger partial charge is 0.0695 e. The molecule has 1 aromatic heterocycles. The molecule has 1 aliphatic carbocycles. The molecule has 4 heteroatoms. The molecule has 0 bridgehead atoms. The first kappa shape index (κ1) is 14.0. The van der Waals surface area contributed by atoms with Gasteiger partial charge in [-0.2, -0.15) is 5.26 Å². The third-order valence-corrected chi connectivity index (χ3v) is 3.78. The van der Waals surface area contributed by atoms with E-state index in [1.807, 2.05) is 18.3 Å². The van der Waals surface area contributed by atoms with Crippen molar-refractivity contribution in [1.29, 1.82) is 5.26 Å². The van der Waals surface area contributed by atoms with Crippen LogP contribution >= 0.6 is 0 Å². The molecule has 0 saturated heterocycles. The lowest BCUT2D eigenvalue weighted by Gasteiger charge is -2.37. The van der Waals surface area contributed by atoms with Crippen molar-refractivity contribution in [1.82, 2.24) is 9.88 Å². The molecular weight excluding hydrogens is 238 g/mol. The molecule has 0 spiro atoms. The van der Waals surface area contributed by atoms with Crippen LogP contribution < -0.4 is 0 Å². The average molecular weight is 259 g/mol. The van der Waals surface area contributed by atoms with Gasteiger partial charge in [-0.3, -0.25) is 9.88 Å². The van der Waals surface area contributed by atoms with Crippen LogP contribution in [0.4, 0.5) is 0 Å². The predicted molar refractivity (Wildman–Crippen MR) is 73.1 cm³/mol. The average Bonchev–Trinajstić information content (AvgIpc) is 2.45. The Balaban J connectivity index is 2.04. The maximum atomic E-state index is 10.2. The quantitative estimate of drug-likeness (QED) is 0.879. The van der Waals surface area contributed by atoms with Crippen LogP contribution in [0.15, 0.2) is 24.5 Å². The van der Waals surface area contributed by atoms with Gasteiger partial charge < -0.3 is 5.11 Å². The number of aliphatic hydroxyl groups is 1. The number of rotatable bonds is 5. The fourth-order valence-electron chi connectivity index (χ4n) is 2.80. The summed E-state index contributed by atoms with van der Waals surface area (Å²) in [5, 5.41) is 19.0. The number of hydrogen-bond donors (Lipinski definition) is 1. The first-order chi connectivity index (χ1) is 9.31. The zero-order chi connectivity index (χ0) is 13.5. The molecular formula is C15H21N3O. The minimum Gasteiger partial charge on any atom is -0.391 e. The molecule has 0 aliphatic heterocycles. The minimum atomic E-state index is -0.260. The summed E-state index contributed by atoms with van der Waals surface area (Å²) < 4.78 is 0. The Labute approximate surface area is 114 Å². The highest BCUT2D eigenvalue weighted by Crippen LogP contribution is 2.24. The van der Waals surface area contributed by atoms with Crippen LogP contribution in [0.25, 0.3) is 0 Å². The summed E-state index contributed by atoms with van der Waals surface area (Å²) in [6, 6.07) is 6.35. The van der Waals surface area contributed by atoms with Gasteiger partial charge in [-0.05, 0) is 24.5 Å². The minimum absolute atomic E-state index is 0.183. The molecule has 1 heterocycles. The lowest BCUT2D eigenvalue weighted by atomic mass is 9.91. The van der Waals surface area contributed by atoms with Crippen molar-refractivity contribution in [2.45, 2.75) is 50.8 Å². The highest BCUT2D eigenvalue weighted by atomic mass is 16.3. The molecule has 1 saturated carbocycles. The van der Waals surface area contributed by atoms with Gasteiger partial charge in [0.25, 0.3) is 0 Å². The van der Waals surface area contributed by atoms with Gasteiger partial charge >= 0.3 is 0 Å². The molecule has 0 amide bonds. The van der Waals surface area contributed by atoms with Crippen LogP contribution in [-0.4, -0.2) is 33.7 Å². The van der Waals surface area contributed by atoms with E-state index in [1.165, 1.54) is 0 Å². The number of pyridine rings is 1. The van der Waals surface area contributed by atoms with E-state index in [0.717, 1.165) is 37.8 Å². The van der Waals surface area contributed by atoms with Crippen LogP contribution in [0.5, 0.6) is 0 Å². The molecule has 102 valence electrons. The maximum absolute atomic E-state index is 10.2. The van der Waals surface area contributed by atoms with Crippen LogP contribution in [-0.2, 0) is 6.54 Å². The molecule has 1 N–H and O–H groups in total. The van der Waals surface area contributed by atoms with E-state index in [9.17, 15) is 5.11 Å². The zero-order valence-corrected chi connectivity index (χ0v) is 11.2. The molecule has 1 aromatic rings. The first-order valence-electron chi connectivity index (χ1n) is 6.99. The van der Waals surface area contributed by atoms with E-state index < -0.39 is 0 Å². The number of aromatic nitrogens is 1. The fraction of sp³-hybridized carbons (Fsp3) is 0.600. The van der Waals surface area contributed by atoms with Crippen molar-refractivity contribution < 1.29 is 5.11 Å². The largest absolute Gasteiger partial charge is 0.391 e. The second-order valence-electron chi connectivity index (χ2n) is 5.16. The third kappa shape index (κ3) is 4.02. The lowest BCUT2D eigenvalue weighted by molar-refractivity contribution is 0.0166. The van der Waals surface area contributed by atoms with E-state index >= 15 is 0 Å². The topological polar surface area (TPSA) is 60.2 Å². The SMILES string of the molecule is N#CCCN(Cc1cccnc1)C1CCCCC1O. The van der Waals surface area contributed by atoms with Crippen molar-refractivity contribution >= 4 is 0 Å². The molecule has 19 heavy (non-hydrogen) atoms. The highest BCUT2D eigenvalue weighted by molar-refractivity contribution is 5.08. The van der Waals surface area contributed by atoms with E-state index in [2.05, 4.69) is 16.0 Å². The number of nitrogens with zero attached hydrogens (tertiary/aromatic N) is 3. The molecule has 2 rings (SSSR count). The summed E-state index contributed by atoms with van der Waals surface area (Å²) in [7, 11) is 0. The van der Waals surface area contributed by atoms with Crippen molar-refractivity contribution in [3.8, 4) is 6.07 Å². The van der Waals surface area contributed by atoms with Crippen molar-refractivity contribution in [2.24, 2.45) is 0 Å². The van der Waals surface area contributed by atoms with E-state index in [1.54, 1.807) is 6.20 Å². The molecule has 2 unspecified atom stereocenters. The molecule has 1 fully saturated rings. The van der Waals surface area contributed by atoms with E-state index in [0.29, 0.717) is 13.0 Å². The van der Waals surface area contributed by atoms with E-state index in [4.69, 9.17) is 5.26 Å². The van der Waals surface area contributed by atoms with Crippen LogP contribution in [0, 0.1) is 11.3 Å². The van der Waals surface area contributed by atoms with Crippen LogP contribution in [0.1, 0.15) is 37.7 Å². The fourth-order valence-corrected chi connectivity index (χ4v) is 2.80. The molecule has 0 radical (unpaired) electrons. The second kappa shape index (κ2) is 7.22. The summed E-state index contributed by atoms with van der Waals surface area (Å²) >= 11 is 0. The molecule has 0 aromatic carbocycles. The Morgan fingerprint density at radius 3 is 2.95 bits per heavy atom. The van der Waals surface area contributed by atoms with Gasteiger partial charge in [0, 0.05) is 37.9 Å². The van der Waals surface area contributed by atoms with Crippen LogP contribution in [0.2, 0.25) is 0 Å². The number of aliphatic hydroxyl groups excluding tert-OH is 1. The Bertz CT molecular complexity index is 415. The lowest BCUT2D eigenvalue weighted by Crippen LogP contribution is -2.45. The third-order valence-electron chi connectivity index (χ3n) is 3.78. The second-order valence-corrected chi connectivity index (χ2v) is 5.16. The van der Waals surface area contributed by atoms with Crippen molar-refractivity contribution in [3.63, 3.8) is 0 Å². The number of hydrogen-bond acceptors (Lipinski definition) is 4. The van der Waals surface area contributed by atoms with Gasteiger partial charge in [0.2, 0.25) is 0 Å². The maximum Gasteiger partial charge on any atom is 0.0695 e. The summed E-state index contributed by atoms with van der Waals surface area (Å²) in [6.07, 6.45) is 8.03. The van der Waals surface area contributed by atoms with Gasteiger partial charge in [-0.15, -0.1) is 0 Å². The Morgan fingerprint density at radius 2 is 2.26 bits per heavy atom. The number of nitriles is 1. The van der Waals surface area contributed by atoms with Gasteiger partial charge in [0.1, 0.15) is 0 Å². The molecule has 4 nitrogen and oxygen atoms in total. The Hall–Kier alpha value is -1.44. The summed E-state index contributed by atoms with van der Waals surface area (Å²) in [6.45, 7) is 1.48. The summed E-state index contributed by atoms with van der Waals surface area (Å²) in [4.78, 5) is 6.37. The van der Waals surface area contributed by atoms with Gasteiger partial charge in [0.15, 0.2) is 0 Å². The van der Waals surface area contributed by atoms with Gasteiger partial charge in [-0.1, -0.05) is 18.9 Å². The van der Waals surface area contributed by atoms with Gasteiger partial charge in [-0.25, -0.2) is 0 Å². The van der Waals surface area contributed by atoms with E-state index in [-0.39, 0.29) is 12.1 Å². The summed E-state index contributed by atoms with van der Waals surface area (Å²) in [5.74, 6) is 0. The summed E-state index contributed by atoms with van der Waals surface area (Å²) in [5.41, 5.74) is 1.14. The van der Waals surface area contributed by atoms with Gasteiger partial charge in [0.05, 0.1) is 12.2 Å². The molecule has 2 atom stereocenters. The first-order valence-corrected chi connectivity index (χ1v) is 6.99. The monoisotopic (exact) mass is 259 g/mol. The normalized spacial score (nSPS) is 23.2.